The monoisotopic (exact) mass is 431 g/mol. The van der Waals surface area contributed by atoms with E-state index >= 15 is 0 Å². The average Bonchev–Trinajstić information content (AvgIpc) is 3.56. The van der Waals surface area contributed by atoms with Crippen LogP contribution in [0.4, 0.5) is 10.5 Å². The van der Waals surface area contributed by atoms with Gasteiger partial charge in [-0.25, -0.2) is 9.78 Å². The minimum atomic E-state index is -0.151. The number of nitrogens with one attached hydrogen (secondary N) is 3. The fourth-order valence-corrected chi connectivity index (χ4v) is 4.14. The molecule has 1 aliphatic heterocycles. The zero-order chi connectivity index (χ0) is 21.8. The van der Waals surface area contributed by atoms with Crippen molar-refractivity contribution in [2.75, 3.05) is 25.0 Å². The number of piperidine rings is 1. The second kappa shape index (κ2) is 9.48. The molecule has 2 aromatic heterocycles. The van der Waals surface area contributed by atoms with Crippen LogP contribution in [0.1, 0.15) is 43.0 Å². The van der Waals surface area contributed by atoms with E-state index in [1.807, 2.05) is 36.7 Å². The molecule has 0 bridgehead atoms. The summed E-state index contributed by atoms with van der Waals surface area (Å²) in [4.78, 5) is 23.5. The Labute approximate surface area is 187 Å². The van der Waals surface area contributed by atoms with E-state index in [9.17, 15) is 4.79 Å². The second-order valence-corrected chi connectivity index (χ2v) is 8.72. The Morgan fingerprint density at radius 3 is 2.50 bits per heavy atom. The highest BCUT2D eigenvalue weighted by Crippen LogP contribution is 2.38. The van der Waals surface area contributed by atoms with Crippen LogP contribution in [0.2, 0.25) is 0 Å². The third-order valence-corrected chi connectivity index (χ3v) is 6.26. The summed E-state index contributed by atoms with van der Waals surface area (Å²) in [6.45, 7) is 3.05. The van der Waals surface area contributed by atoms with Crippen molar-refractivity contribution in [2.24, 2.45) is 0 Å². The largest absolute Gasteiger partial charge is 0.335 e. The summed E-state index contributed by atoms with van der Waals surface area (Å²) in [5.74, 6) is 2.23. The van der Waals surface area contributed by atoms with Gasteiger partial charge in [0.15, 0.2) is 5.82 Å². The number of carbonyl (C=O) groups excluding carboxylic acids is 1. The van der Waals surface area contributed by atoms with Gasteiger partial charge >= 0.3 is 6.03 Å². The first-order valence-corrected chi connectivity index (χ1v) is 11.4. The average molecular weight is 432 g/mol. The molecule has 1 saturated carbocycles. The summed E-state index contributed by atoms with van der Waals surface area (Å²) >= 11 is 0. The van der Waals surface area contributed by atoms with Crippen molar-refractivity contribution in [3.8, 4) is 11.4 Å². The molecule has 8 heteroatoms. The first-order chi connectivity index (χ1) is 15.7. The molecule has 1 aromatic carbocycles. The maximum absolute atomic E-state index is 12.4. The van der Waals surface area contributed by atoms with Crippen molar-refractivity contribution >= 4 is 11.7 Å². The molecule has 3 N–H and O–H groups in total. The summed E-state index contributed by atoms with van der Waals surface area (Å²) in [5.41, 5.74) is 3.02. The number of H-pyrrole nitrogens is 1. The predicted molar refractivity (Wildman–Crippen MR) is 123 cm³/mol. The molecule has 3 heterocycles. The Hall–Kier alpha value is -3.26. The van der Waals surface area contributed by atoms with Gasteiger partial charge in [0.1, 0.15) is 5.82 Å². The molecule has 0 unspecified atom stereocenters. The van der Waals surface area contributed by atoms with Gasteiger partial charge in [0.05, 0.1) is 0 Å². The van der Waals surface area contributed by atoms with Crippen LogP contribution in [0.15, 0.2) is 48.8 Å². The third kappa shape index (κ3) is 5.31. The molecule has 0 atom stereocenters. The highest BCUT2D eigenvalue weighted by atomic mass is 16.2. The number of carbonyl (C=O) groups is 1. The molecule has 0 radical (unpaired) electrons. The fourth-order valence-electron chi connectivity index (χ4n) is 4.14. The van der Waals surface area contributed by atoms with Gasteiger partial charge in [-0.15, -0.1) is 0 Å². The number of pyridine rings is 1. The lowest BCUT2D eigenvalue weighted by Crippen LogP contribution is -2.46. The van der Waals surface area contributed by atoms with E-state index in [0.717, 1.165) is 56.0 Å². The number of hydrogen-bond acceptors (Lipinski definition) is 5. The van der Waals surface area contributed by atoms with Crippen molar-refractivity contribution in [1.82, 2.24) is 30.4 Å². The molecule has 2 fully saturated rings. The zero-order valence-corrected chi connectivity index (χ0v) is 18.1. The lowest BCUT2D eigenvalue weighted by atomic mass is 10.0. The lowest BCUT2D eigenvalue weighted by molar-refractivity contribution is 0.197. The summed E-state index contributed by atoms with van der Waals surface area (Å²) in [5, 5.41) is 13.4. The van der Waals surface area contributed by atoms with E-state index in [2.05, 4.69) is 47.8 Å². The quantitative estimate of drug-likeness (QED) is 0.531. The molecule has 2 aliphatic rings. The zero-order valence-electron chi connectivity index (χ0n) is 18.1. The number of amides is 2. The molecule has 8 nitrogen and oxygen atoms in total. The van der Waals surface area contributed by atoms with Crippen LogP contribution in [0.5, 0.6) is 0 Å². The minimum Gasteiger partial charge on any atom is -0.335 e. The van der Waals surface area contributed by atoms with E-state index in [-0.39, 0.29) is 12.1 Å². The van der Waals surface area contributed by atoms with Gasteiger partial charge in [-0.1, -0.05) is 0 Å². The van der Waals surface area contributed by atoms with Crippen LogP contribution in [-0.2, 0) is 6.42 Å². The summed E-state index contributed by atoms with van der Waals surface area (Å²) < 4.78 is 0. The molecule has 166 valence electrons. The standard InChI is InChI=1S/C24H29N7O/c32-24(27-21-10-15-31(16-11-21)14-9-17-7-12-25-13-8-17)26-20-5-3-19(4-6-20)23-28-22(29-30-23)18-1-2-18/h3-8,12-13,18,21H,1-2,9-11,14-16H2,(H2,26,27,32)(H,28,29,30). The minimum absolute atomic E-state index is 0.151. The number of benzene rings is 1. The van der Waals surface area contributed by atoms with Crippen molar-refractivity contribution in [2.45, 2.75) is 44.1 Å². The van der Waals surface area contributed by atoms with Crippen molar-refractivity contribution in [3.63, 3.8) is 0 Å². The van der Waals surface area contributed by atoms with Crippen molar-refractivity contribution < 1.29 is 4.79 Å². The molecule has 32 heavy (non-hydrogen) atoms. The number of anilines is 1. The molecule has 0 spiro atoms. The number of aromatic nitrogens is 4. The van der Waals surface area contributed by atoms with E-state index in [1.54, 1.807) is 0 Å². The van der Waals surface area contributed by atoms with Crippen LogP contribution >= 0.6 is 0 Å². The molecule has 1 aliphatic carbocycles. The Bertz CT molecular complexity index is 1020. The van der Waals surface area contributed by atoms with Gasteiger partial charge < -0.3 is 15.5 Å². The van der Waals surface area contributed by atoms with Crippen LogP contribution in [-0.4, -0.2) is 56.8 Å². The first-order valence-electron chi connectivity index (χ1n) is 11.4. The highest BCUT2D eigenvalue weighted by Gasteiger charge is 2.27. The molecular weight excluding hydrogens is 402 g/mol. The SMILES string of the molecule is O=C(Nc1ccc(-c2n[nH]c(C3CC3)n2)cc1)NC1CCN(CCc2ccncc2)CC1. The Balaban J connectivity index is 1.05. The topological polar surface area (TPSA) is 98.8 Å². The fraction of sp³-hybridized carbons (Fsp3) is 0.417. The number of likely N-dealkylation sites (tertiary alicyclic amines) is 1. The molecule has 5 rings (SSSR count). The number of hydrogen-bond donors (Lipinski definition) is 3. The van der Waals surface area contributed by atoms with Gasteiger partial charge in [0.2, 0.25) is 0 Å². The normalized spacial score (nSPS) is 17.2. The van der Waals surface area contributed by atoms with Crippen molar-refractivity contribution in [3.05, 3.63) is 60.2 Å². The summed E-state index contributed by atoms with van der Waals surface area (Å²) in [6, 6.07) is 11.9. The number of rotatable bonds is 7. The Kier molecular flexibility index (Phi) is 6.11. The van der Waals surface area contributed by atoms with E-state index in [4.69, 9.17) is 0 Å². The highest BCUT2D eigenvalue weighted by molar-refractivity contribution is 5.89. The summed E-state index contributed by atoms with van der Waals surface area (Å²) in [6.07, 6.45) is 9.04. The van der Waals surface area contributed by atoms with Crippen LogP contribution < -0.4 is 10.6 Å². The van der Waals surface area contributed by atoms with Gasteiger partial charge in [0, 0.05) is 55.2 Å². The number of nitrogens with zero attached hydrogens (tertiary/aromatic N) is 4. The van der Waals surface area contributed by atoms with Gasteiger partial charge in [-0.3, -0.25) is 10.1 Å². The number of urea groups is 1. The molecule has 3 aromatic rings. The van der Waals surface area contributed by atoms with Gasteiger partial charge in [-0.2, -0.15) is 5.10 Å². The van der Waals surface area contributed by atoms with E-state index < -0.39 is 0 Å². The first kappa shape index (κ1) is 20.6. The summed E-state index contributed by atoms with van der Waals surface area (Å²) in [7, 11) is 0. The second-order valence-electron chi connectivity index (χ2n) is 8.72. The van der Waals surface area contributed by atoms with Crippen molar-refractivity contribution in [1.29, 1.82) is 0 Å². The van der Waals surface area contributed by atoms with Crippen LogP contribution in [0.3, 0.4) is 0 Å². The van der Waals surface area contributed by atoms with Crippen LogP contribution in [0, 0.1) is 0 Å². The molecule has 1 saturated heterocycles. The number of aromatic amines is 1. The van der Waals surface area contributed by atoms with E-state index in [0.29, 0.717) is 11.7 Å². The van der Waals surface area contributed by atoms with Crippen LogP contribution in [0.25, 0.3) is 11.4 Å². The van der Waals surface area contributed by atoms with Gasteiger partial charge in [-0.05, 0) is 74.1 Å². The van der Waals surface area contributed by atoms with Gasteiger partial charge in [0.25, 0.3) is 0 Å². The smallest absolute Gasteiger partial charge is 0.319 e. The van der Waals surface area contributed by atoms with E-state index in [1.165, 1.54) is 18.4 Å². The maximum Gasteiger partial charge on any atom is 0.319 e. The molecule has 2 amide bonds. The lowest BCUT2D eigenvalue weighted by Gasteiger charge is -2.32. The maximum atomic E-state index is 12.4. The Morgan fingerprint density at radius 2 is 1.78 bits per heavy atom. The molecular formula is C24H29N7O. The Morgan fingerprint density at radius 1 is 1.03 bits per heavy atom. The third-order valence-electron chi connectivity index (χ3n) is 6.26. The predicted octanol–water partition coefficient (Wildman–Crippen LogP) is 3.57.